The number of fused-ring (bicyclic) bond motifs is 1. The summed E-state index contributed by atoms with van der Waals surface area (Å²) in [7, 11) is 2.16. The summed E-state index contributed by atoms with van der Waals surface area (Å²) in [6.07, 6.45) is 2.90. The highest BCUT2D eigenvalue weighted by atomic mass is 32.2. The average molecular weight is 448 g/mol. The maximum absolute atomic E-state index is 12.5. The number of rotatable bonds is 7. The summed E-state index contributed by atoms with van der Waals surface area (Å²) in [6.45, 7) is 0.862. The van der Waals surface area contributed by atoms with E-state index in [-0.39, 0.29) is 10.6 Å². The lowest BCUT2D eigenvalue weighted by Gasteiger charge is -2.20. The molecule has 1 aliphatic rings. The second-order valence-corrected chi connectivity index (χ2v) is 8.87. The Hall–Kier alpha value is -3.24. The topological polar surface area (TPSA) is 103 Å². The lowest BCUT2D eigenvalue weighted by atomic mass is 10.1. The van der Waals surface area contributed by atoms with Crippen LogP contribution in [0, 0.1) is 0 Å². The molecule has 3 rings (SSSR count). The van der Waals surface area contributed by atoms with E-state index in [1.807, 2.05) is 0 Å². The van der Waals surface area contributed by atoms with Crippen LogP contribution in [0.2, 0.25) is 0 Å². The first-order chi connectivity index (χ1) is 14.8. The van der Waals surface area contributed by atoms with E-state index in [4.69, 9.17) is 18.9 Å². The van der Waals surface area contributed by atoms with Crippen molar-refractivity contribution in [1.82, 2.24) is 4.31 Å². The summed E-state index contributed by atoms with van der Waals surface area (Å²) in [5.74, 6) is 1.43. The van der Waals surface area contributed by atoms with Gasteiger partial charge in [-0.3, -0.25) is 4.79 Å². The molecule has 0 aromatic heterocycles. The van der Waals surface area contributed by atoms with Gasteiger partial charge in [0.05, 0.1) is 24.8 Å². The number of benzene rings is 2. The third-order valence-electron chi connectivity index (χ3n) is 4.48. The molecule has 0 saturated heterocycles. The van der Waals surface area contributed by atoms with Crippen LogP contribution in [-0.4, -0.2) is 60.2 Å². The predicted molar refractivity (Wildman–Crippen MR) is 116 cm³/mol. The quantitative estimate of drug-likeness (QED) is 0.649. The van der Waals surface area contributed by atoms with Crippen molar-refractivity contribution in [3.8, 4) is 23.0 Å². The standard InChI is InChI=1S/C21H24N2O7S/c1-23(2)31(25,26)15-6-7-17(27-3)16(13-15)22-20(24)8-5-14-11-18(28-4)21-19(12-14)29-9-10-30-21/h5-8,11-13H,9-10H2,1-4H3,(H,22,24)/b8-5-. The molecule has 2 aromatic carbocycles. The fraction of sp³-hybridized carbons (Fsp3) is 0.286. The van der Waals surface area contributed by atoms with E-state index in [9.17, 15) is 13.2 Å². The third-order valence-corrected chi connectivity index (χ3v) is 6.30. The van der Waals surface area contributed by atoms with Crippen molar-refractivity contribution in [2.75, 3.05) is 46.8 Å². The van der Waals surface area contributed by atoms with E-state index in [1.54, 1.807) is 18.2 Å². The number of sulfonamides is 1. The van der Waals surface area contributed by atoms with Crippen LogP contribution >= 0.6 is 0 Å². The Balaban J connectivity index is 1.83. The van der Waals surface area contributed by atoms with Gasteiger partial charge in [-0.2, -0.15) is 0 Å². The molecule has 2 aromatic rings. The van der Waals surface area contributed by atoms with E-state index < -0.39 is 15.9 Å². The van der Waals surface area contributed by atoms with Gasteiger partial charge in [-0.05, 0) is 42.0 Å². The summed E-state index contributed by atoms with van der Waals surface area (Å²) >= 11 is 0. The van der Waals surface area contributed by atoms with Gasteiger partial charge in [0.25, 0.3) is 0 Å². The van der Waals surface area contributed by atoms with Crippen molar-refractivity contribution in [3.05, 3.63) is 42.0 Å². The maximum Gasteiger partial charge on any atom is 0.248 e. The molecule has 0 fully saturated rings. The summed E-state index contributed by atoms with van der Waals surface area (Å²) in [6, 6.07) is 7.73. The van der Waals surface area contributed by atoms with Crippen LogP contribution in [0.25, 0.3) is 6.08 Å². The number of hydrogen-bond acceptors (Lipinski definition) is 7. The van der Waals surface area contributed by atoms with Gasteiger partial charge in [-0.25, -0.2) is 12.7 Å². The molecule has 0 aliphatic carbocycles. The minimum atomic E-state index is -3.66. The first kappa shape index (κ1) is 22.4. The molecule has 1 N–H and O–H groups in total. The lowest BCUT2D eigenvalue weighted by Crippen LogP contribution is -2.22. The number of nitrogens with zero attached hydrogens (tertiary/aromatic N) is 1. The van der Waals surface area contributed by atoms with Gasteiger partial charge in [-0.15, -0.1) is 0 Å². The Morgan fingerprint density at radius 2 is 1.77 bits per heavy atom. The van der Waals surface area contributed by atoms with Crippen molar-refractivity contribution in [1.29, 1.82) is 0 Å². The molecule has 0 spiro atoms. The van der Waals surface area contributed by atoms with Crippen LogP contribution in [0.3, 0.4) is 0 Å². The summed E-state index contributed by atoms with van der Waals surface area (Å²) in [5, 5.41) is 2.65. The molecule has 1 heterocycles. The Bertz CT molecular complexity index is 1090. The molecule has 0 radical (unpaired) electrons. The van der Waals surface area contributed by atoms with Crippen molar-refractivity contribution in [2.45, 2.75) is 4.90 Å². The lowest BCUT2D eigenvalue weighted by molar-refractivity contribution is -0.111. The van der Waals surface area contributed by atoms with Crippen LogP contribution in [-0.2, 0) is 14.8 Å². The first-order valence-corrected chi connectivity index (χ1v) is 10.8. The number of nitrogens with one attached hydrogen (secondary N) is 1. The zero-order valence-electron chi connectivity index (χ0n) is 17.7. The number of carbonyl (C=O) groups is 1. The number of hydrogen-bond donors (Lipinski definition) is 1. The minimum absolute atomic E-state index is 0.0363. The van der Waals surface area contributed by atoms with Gasteiger partial charge < -0.3 is 24.3 Å². The predicted octanol–water partition coefficient (Wildman–Crippen LogP) is 2.38. The molecule has 31 heavy (non-hydrogen) atoms. The number of carbonyl (C=O) groups excluding carboxylic acids is 1. The van der Waals surface area contributed by atoms with E-state index in [0.717, 1.165) is 4.31 Å². The second-order valence-electron chi connectivity index (χ2n) is 6.72. The zero-order chi connectivity index (χ0) is 22.6. The SMILES string of the molecule is COc1ccc(S(=O)(=O)N(C)C)cc1NC(=O)/C=C\c1cc(OC)c2c(c1)OCCO2. The minimum Gasteiger partial charge on any atom is -0.495 e. The van der Waals surface area contributed by atoms with Crippen LogP contribution in [0.1, 0.15) is 5.56 Å². The van der Waals surface area contributed by atoms with Crippen molar-refractivity contribution in [3.63, 3.8) is 0 Å². The molecule has 1 aliphatic heterocycles. The van der Waals surface area contributed by atoms with Gasteiger partial charge in [0.15, 0.2) is 11.5 Å². The summed E-state index contributed by atoms with van der Waals surface area (Å²) < 4.78 is 47.6. The smallest absolute Gasteiger partial charge is 0.248 e. The van der Waals surface area contributed by atoms with Gasteiger partial charge in [0.1, 0.15) is 19.0 Å². The fourth-order valence-electron chi connectivity index (χ4n) is 2.89. The Kier molecular flexibility index (Phi) is 6.71. The molecule has 9 nitrogen and oxygen atoms in total. The summed E-state index contributed by atoms with van der Waals surface area (Å²) in [4.78, 5) is 12.5. The van der Waals surface area contributed by atoms with Gasteiger partial charge in [0, 0.05) is 20.2 Å². The van der Waals surface area contributed by atoms with E-state index in [2.05, 4.69) is 5.32 Å². The Morgan fingerprint density at radius 3 is 2.45 bits per heavy atom. The molecule has 10 heteroatoms. The number of ether oxygens (including phenoxy) is 4. The van der Waals surface area contributed by atoms with Crippen LogP contribution in [0.15, 0.2) is 41.3 Å². The highest BCUT2D eigenvalue weighted by Crippen LogP contribution is 2.40. The molecule has 0 unspecified atom stereocenters. The van der Waals surface area contributed by atoms with Crippen LogP contribution in [0.4, 0.5) is 5.69 Å². The zero-order valence-corrected chi connectivity index (χ0v) is 18.5. The van der Waals surface area contributed by atoms with Gasteiger partial charge in [0.2, 0.25) is 21.7 Å². The molecule has 0 bridgehead atoms. The normalized spacial score (nSPS) is 13.3. The van der Waals surface area contributed by atoms with Gasteiger partial charge in [-0.1, -0.05) is 0 Å². The van der Waals surface area contributed by atoms with Crippen molar-refractivity contribution in [2.24, 2.45) is 0 Å². The van der Waals surface area contributed by atoms with Crippen LogP contribution in [0.5, 0.6) is 23.0 Å². The molecular formula is C21H24N2O7S. The first-order valence-electron chi connectivity index (χ1n) is 9.33. The van der Waals surface area contributed by atoms with E-state index in [0.29, 0.717) is 41.8 Å². The second kappa shape index (κ2) is 9.27. The average Bonchev–Trinajstić information content (AvgIpc) is 2.76. The monoisotopic (exact) mass is 448 g/mol. The van der Waals surface area contributed by atoms with E-state index in [1.165, 1.54) is 52.6 Å². The number of amides is 1. The van der Waals surface area contributed by atoms with Crippen molar-refractivity contribution >= 4 is 27.7 Å². The summed E-state index contributed by atoms with van der Waals surface area (Å²) in [5.41, 5.74) is 0.909. The third kappa shape index (κ3) is 4.92. The van der Waals surface area contributed by atoms with Crippen LogP contribution < -0.4 is 24.3 Å². The number of methoxy groups -OCH3 is 2. The van der Waals surface area contributed by atoms with Gasteiger partial charge >= 0.3 is 0 Å². The van der Waals surface area contributed by atoms with Crippen molar-refractivity contribution < 1.29 is 32.2 Å². The molecule has 166 valence electrons. The highest BCUT2D eigenvalue weighted by Gasteiger charge is 2.20. The maximum atomic E-state index is 12.5. The number of anilines is 1. The Labute approximate surface area is 181 Å². The molecule has 0 atom stereocenters. The molecule has 1 amide bonds. The largest absolute Gasteiger partial charge is 0.495 e. The molecular weight excluding hydrogens is 424 g/mol. The fourth-order valence-corrected chi connectivity index (χ4v) is 3.82. The Morgan fingerprint density at radius 1 is 1.06 bits per heavy atom. The highest BCUT2D eigenvalue weighted by molar-refractivity contribution is 7.89. The van der Waals surface area contributed by atoms with E-state index >= 15 is 0 Å². The molecule has 0 saturated carbocycles.